The van der Waals surface area contributed by atoms with Crippen LogP contribution in [0.3, 0.4) is 0 Å². The predicted molar refractivity (Wildman–Crippen MR) is 59.7 cm³/mol. The fraction of sp³-hybridized carbons (Fsp3) is 0.250. The van der Waals surface area contributed by atoms with Crippen molar-refractivity contribution >= 4 is 42.1 Å². The summed E-state index contributed by atoms with van der Waals surface area (Å²) < 4.78 is 2.42. The molecule has 0 radical (unpaired) electrons. The zero-order valence-corrected chi connectivity index (χ0v) is 8.54. The van der Waals surface area contributed by atoms with E-state index in [1.54, 1.807) is 22.7 Å². The maximum atomic E-state index is 8.62. The Kier molecular flexibility index (Phi) is 2.39. The molecule has 0 aliphatic rings. The van der Waals surface area contributed by atoms with Crippen LogP contribution >= 0.6 is 22.7 Å². The molecule has 0 saturated carbocycles. The summed E-state index contributed by atoms with van der Waals surface area (Å²) in [5.41, 5.74) is 5.65. The molecule has 3 nitrogen and oxygen atoms in total. The van der Waals surface area contributed by atoms with Crippen molar-refractivity contribution in [3.63, 3.8) is 0 Å². The Hall–Kier alpha value is -0.780. The Labute approximate surface area is 83.8 Å². The lowest BCUT2D eigenvalue weighted by molar-refractivity contribution is 0.311. The SMILES string of the molecule is Nc1cc2sc(NCCO)cc2s1. The Morgan fingerprint density at radius 3 is 2.77 bits per heavy atom. The summed E-state index contributed by atoms with van der Waals surface area (Å²) in [6.07, 6.45) is 0. The molecule has 5 heteroatoms. The summed E-state index contributed by atoms with van der Waals surface area (Å²) in [5.74, 6) is 0. The van der Waals surface area contributed by atoms with E-state index < -0.39 is 0 Å². The molecule has 0 unspecified atom stereocenters. The third-order valence-corrected chi connectivity index (χ3v) is 3.72. The van der Waals surface area contributed by atoms with E-state index in [9.17, 15) is 0 Å². The molecule has 0 atom stereocenters. The second-order valence-corrected chi connectivity index (χ2v) is 4.84. The summed E-state index contributed by atoms with van der Waals surface area (Å²) in [6, 6.07) is 4.05. The average Bonchev–Trinajstić information content (AvgIpc) is 2.57. The molecule has 0 aliphatic carbocycles. The van der Waals surface area contributed by atoms with Crippen LogP contribution in [0.4, 0.5) is 10.0 Å². The number of fused-ring (bicyclic) bond motifs is 1. The van der Waals surface area contributed by atoms with Gasteiger partial charge in [-0.1, -0.05) is 0 Å². The Morgan fingerprint density at radius 1 is 1.31 bits per heavy atom. The first-order chi connectivity index (χ1) is 6.29. The van der Waals surface area contributed by atoms with Crippen LogP contribution in [-0.4, -0.2) is 18.3 Å². The molecule has 0 bridgehead atoms. The summed E-state index contributed by atoms with van der Waals surface area (Å²) in [7, 11) is 0. The number of thiophene rings is 2. The van der Waals surface area contributed by atoms with Crippen molar-refractivity contribution in [3.8, 4) is 0 Å². The van der Waals surface area contributed by atoms with Gasteiger partial charge in [0, 0.05) is 15.9 Å². The van der Waals surface area contributed by atoms with Gasteiger partial charge in [0.15, 0.2) is 0 Å². The number of nitrogen functional groups attached to an aromatic ring is 1. The standard InChI is InChI=1S/C8H10N2OS2/c9-7-3-5-6(12-7)4-8(13-5)10-1-2-11/h3-4,10-11H,1-2,9H2. The van der Waals surface area contributed by atoms with Crippen LogP contribution in [0.1, 0.15) is 0 Å². The lowest BCUT2D eigenvalue weighted by Gasteiger charge is -1.97. The minimum Gasteiger partial charge on any atom is -0.395 e. The van der Waals surface area contributed by atoms with Gasteiger partial charge in [0.05, 0.1) is 16.6 Å². The van der Waals surface area contributed by atoms with E-state index in [1.165, 1.54) is 9.40 Å². The number of rotatable bonds is 3. The highest BCUT2D eigenvalue weighted by molar-refractivity contribution is 7.31. The fourth-order valence-electron chi connectivity index (χ4n) is 1.12. The number of hydrogen-bond acceptors (Lipinski definition) is 5. The summed E-state index contributed by atoms with van der Waals surface area (Å²) >= 11 is 3.26. The normalized spacial score (nSPS) is 10.8. The van der Waals surface area contributed by atoms with Gasteiger partial charge in [-0.2, -0.15) is 0 Å². The van der Waals surface area contributed by atoms with Crippen molar-refractivity contribution in [3.05, 3.63) is 12.1 Å². The lowest BCUT2D eigenvalue weighted by atomic mass is 10.5. The molecule has 2 aromatic heterocycles. The van der Waals surface area contributed by atoms with Gasteiger partial charge in [0.1, 0.15) is 0 Å². The second kappa shape index (κ2) is 3.53. The van der Waals surface area contributed by atoms with Gasteiger partial charge in [-0.15, -0.1) is 22.7 Å². The first-order valence-corrected chi connectivity index (χ1v) is 5.56. The molecule has 0 fully saturated rings. The summed E-state index contributed by atoms with van der Waals surface area (Å²) in [5, 5.41) is 13.7. The van der Waals surface area contributed by atoms with E-state index in [4.69, 9.17) is 10.8 Å². The number of nitrogens with one attached hydrogen (secondary N) is 1. The zero-order valence-electron chi connectivity index (χ0n) is 6.91. The highest BCUT2D eigenvalue weighted by Gasteiger charge is 2.03. The molecule has 2 heterocycles. The van der Waals surface area contributed by atoms with Crippen LogP contribution in [0.5, 0.6) is 0 Å². The van der Waals surface area contributed by atoms with Gasteiger partial charge in [-0.3, -0.25) is 0 Å². The molecule has 0 saturated heterocycles. The van der Waals surface area contributed by atoms with E-state index >= 15 is 0 Å². The minimum atomic E-state index is 0.160. The van der Waals surface area contributed by atoms with Crippen LogP contribution < -0.4 is 11.1 Å². The molecular formula is C8H10N2OS2. The minimum absolute atomic E-state index is 0.160. The second-order valence-electron chi connectivity index (χ2n) is 2.64. The van der Waals surface area contributed by atoms with Gasteiger partial charge in [0.25, 0.3) is 0 Å². The number of nitrogens with two attached hydrogens (primary N) is 1. The number of aliphatic hydroxyl groups excluding tert-OH is 1. The third kappa shape index (κ3) is 1.77. The molecule has 0 spiro atoms. The zero-order chi connectivity index (χ0) is 9.26. The third-order valence-electron chi connectivity index (χ3n) is 1.64. The molecule has 0 amide bonds. The van der Waals surface area contributed by atoms with Gasteiger partial charge in [-0.25, -0.2) is 0 Å². The summed E-state index contributed by atoms with van der Waals surface area (Å²) in [6.45, 7) is 0.761. The molecule has 0 aliphatic heterocycles. The van der Waals surface area contributed by atoms with E-state index in [0.717, 1.165) is 10.0 Å². The molecule has 2 rings (SSSR count). The topological polar surface area (TPSA) is 58.3 Å². The van der Waals surface area contributed by atoms with Gasteiger partial charge >= 0.3 is 0 Å². The van der Waals surface area contributed by atoms with Crippen LogP contribution in [0.15, 0.2) is 12.1 Å². The number of anilines is 2. The maximum Gasteiger partial charge on any atom is 0.0904 e. The average molecular weight is 214 g/mol. The highest BCUT2D eigenvalue weighted by atomic mass is 32.1. The molecule has 4 N–H and O–H groups in total. The van der Waals surface area contributed by atoms with E-state index in [-0.39, 0.29) is 6.61 Å². The summed E-state index contributed by atoms with van der Waals surface area (Å²) in [4.78, 5) is 0. The van der Waals surface area contributed by atoms with E-state index in [0.29, 0.717) is 6.54 Å². The van der Waals surface area contributed by atoms with Crippen molar-refractivity contribution < 1.29 is 5.11 Å². The van der Waals surface area contributed by atoms with Crippen molar-refractivity contribution in [1.82, 2.24) is 0 Å². The Balaban J connectivity index is 2.24. The molecule has 70 valence electrons. The molecular weight excluding hydrogens is 204 g/mol. The lowest BCUT2D eigenvalue weighted by Crippen LogP contribution is -2.03. The van der Waals surface area contributed by atoms with E-state index in [1.807, 2.05) is 6.07 Å². The maximum absolute atomic E-state index is 8.62. The predicted octanol–water partition coefficient (Wildman–Crippen LogP) is 1.95. The molecule has 0 aromatic carbocycles. The smallest absolute Gasteiger partial charge is 0.0904 e. The molecule has 13 heavy (non-hydrogen) atoms. The monoisotopic (exact) mass is 214 g/mol. The first kappa shape index (κ1) is 8.80. The van der Waals surface area contributed by atoms with Crippen molar-refractivity contribution in [2.24, 2.45) is 0 Å². The van der Waals surface area contributed by atoms with Gasteiger partial charge in [0.2, 0.25) is 0 Å². The van der Waals surface area contributed by atoms with Crippen molar-refractivity contribution in [2.45, 2.75) is 0 Å². The van der Waals surface area contributed by atoms with Crippen LogP contribution in [-0.2, 0) is 0 Å². The van der Waals surface area contributed by atoms with Crippen LogP contribution in [0.2, 0.25) is 0 Å². The largest absolute Gasteiger partial charge is 0.395 e. The van der Waals surface area contributed by atoms with Crippen LogP contribution in [0, 0.1) is 0 Å². The van der Waals surface area contributed by atoms with Crippen LogP contribution in [0.25, 0.3) is 9.40 Å². The highest BCUT2D eigenvalue weighted by Crippen LogP contribution is 2.36. The fourth-order valence-corrected chi connectivity index (χ4v) is 3.22. The van der Waals surface area contributed by atoms with E-state index in [2.05, 4.69) is 11.4 Å². The Morgan fingerprint density at radius 2 is 2.08 bits per heavy atom. The van der Waals surface area contributed by atoms with Gasteiger partial charge < -0.3 is 16.2 Å². The Bertz CT molecular complexity index is 376. The number of aliphatic hydroxyl groups is 1. The number of hydrogen-bond donors (Lipinski definition) is 3. The van der Waals surface area contributed by atoms with Crippen molar-refractivity contribution in [2.75, 3.05) is 24.2 Å². The molecule has 2 aromatic rings. The van der Waals surface area contributed by atoms with Crippen molar-refractivity contribution in [1.29, 1.82) is 0 Å². The first-order valence-electron chi connectivity index (χ1n) is 3.93. The van der Waals surface area contributed by atoms with Gasteiger partial charge in [-0.05, 0) is 12.1 Å². The quantitative estimate of drug-likeness (QED) is 0.732.